The third-order valence-electron chi connectivity index (χ3n) is 2.66. The lowest BCUT2D eigenvalue weighted by molar-refractivity contribution is 0.409. The molecule has 1 atom stereocenters. The zero-order valence-electron chi connectivity index (χ0n) is 10.1. The summed E-state index contributed by atoms with van der Waals surface area (Å²) in [5, 5.41) is 12.5. The molecule has 3 heteroatoms. The van der Waals surface area contributed by atoms with Crippen molar-refractivity contribution in [3.05, 3.63) is 60.2 Å². The molecule has 0 fully saturated rings. The quantitative estimate of drug-likeness (QED) is 0.888. The van der Waals surface area contributed by atoms with Crippen molar-refractivity contribution in [2.45, 2.75) is 6.04 Å². The Labute approximate surface area is 107 Å². The predicted molar refractivity (Wildman–Crippen MR) is 71.4 cm³/mol. The van der Waals surface area contributed by atoms with E-state index in [4.69, 9.17) is 4.74 Å². The van der Waals surface area contributed by atoms with Gasteiger partial charge in [-0.3, -0.25) is 0 Å². The van der Waals surface area contributed by atoms with Crippen molar-refractivity contribution in [3.8, 4) is 11.8 Å². The largest absolute Gasteiger partial charge is 0.496 e. The van der Waals surface area contributed by atoms with Gasteiger partial charge < -0.3 is 10.1 Å². The number of benzene rings is 2. The van der Waals surface area contributed by atoms with Gasteiger partial charge in [0.1, 0.15) is 11.8 Å². The number of nitrogens with zero attached hydrogens (tertiary/aromatic N) is 1. The highest BCUT2D eigenvalue weighted by Gasteiger charge is 2.14. The summed E-state index contributed by atoms with van der Waals surface area (Å²) in [5.41, 5.74) is 1.75. The maximum Gasteiger partial charge on any atom is 0.143 e. The number of nitrogens with one attached hydrogen (secondary N) is 1. The van der Waals surface area contributed by atoms with Crippen molar-refractivity contribution < 1.29 is 4.74 Å². The molecule has 0 aromatic heterocycles. The van der Waals surface area contributed by atoms with Gasteiger partial charge in [-0.15, -0.1) is 0 Å². The van der Waals surface area contributed by atoms with Crippen LogP contribution < -0.4 is 10.1 Å². The first kappa shape index (κ1) is 12.0. The van der Waals surface area contributed by atoms with Crippen molar-refractivity contribution in [1.29, 1.82) is 5.26 Å². The molecule has 0 heterocycles. The normalized spacial score (nSPS) is 11.3. The summed E-state index contributed by atoms with van der Waals surface area (Å²) in [4.78, 5) is 0. The smallest absolute Gasteiger partial charge is 0.143 e. The van der Waals surface area contributed by atoms with Gasteiger partial charge in [-0.05, 0) is 18.2 Å². The van der Waals surface area contributed by atoms with Crippen LogP contribution in [-0.2, 0) is 0 Å². The summed E-state index contributed by atoms with van der Waals surface area (Å²) in [6, 6.07) is 19.0. The van der Waals surface area contributed by atoms with Gasteiger partial charge >= 0.3 is 0 Å². The molecule has 0 aliphatic rings. The van der Waals surface area contributed by atoms with Crippen LogP contribution in [0.25, 0.3) is 0 Å². The van der Waals surface area contributed by atoms with Crippen LogP contribution in [0.2, 0.25) is 0 Å². The van der Waals surface area contributed by atoms with Gasteiger partial charge in [0.05, 0.1) is 13.2 Å². The highest BCUT2D eigenvalue weighted by atomic mass is 16.5. The van der Waals surface area contributed by atoms with Crippen molar-refractivity contribution in [3.63, 3.8) is 0 Å². The van der Waals surface area contributed by atoms with Gasteiger partial charge in [0.2, 0.25) is 0 Å². The summed E-state index contributed by atoms with van der Waals surface area (Å²) in [6.07, 6.45) is 0. The van der Waals surface area contributed by atoms with Crippen LogP contribution in [0.4, 0.5) is 5.69 Å². The lowest BCUT2D eigenvalue weighted by Crippen LogP contribution is -2.09. The number of ether oxygens (including phenoxy) is 1. The van der Waals surface area contributed by atoms with E-state index in [0.717, 1.165) is 11.3 Å². The first-order valence-corrected chi connectivity index (χ1v) is 5.69. The standard InChI is InChI=1S/C15H14N2O/c1-18-15-10-6-5-9-13(15)14(11-16)17-12-7-3-2-4-8-12/h2-10,14,17H,1H3. The Bertz CT molecular complexity index is 546. The molecule has 90 valence electrons. The molecule has 2 aromatic carbocycles. The number of hydrogen-bond acceptors (Lipinski definition) is 3. The first-order valence-electron chi connectivity index (χ1n) is 5.69. The molecular weight excluding hydrogens is 224 g/mol. The van der Waals surface area contributed by atoms with E-state index >= 15 is 0 Å². The molecule has 18 heavy (non-hydrogen) atoms. The predicted octanol–water partition coefficient (Wildman–Crippen LogP) is 3.37. The molecular formula is C15H14N2O. The highest BCUT2D eigenvalue weighted by molar-refractivity contribution is 5.50. The second kappa shape index (κ2) is 5.74. The van der Waals surface area contributed by atoms with Crippen LogP contribution in [0.3, 0.4) is 0 Å². The fourth-order valence-electron chi connectivity index (χ4n) is 1.79. The average molecular weight is 238 g/mol. The zero-order valence-corrected chi connectivity index (χ0v) is 10.1. The summed E-state index contributed by atoms with van der Waals surface area (Å²) in [7, 11) is 1.61. The van der Waals surface area contributed by atoms with Crippen LogP contribution >= 0.6 is 0 Å². The SMILES string of the molecule is COc1ccccc1C(C#N)Nc1ccccc1. The molecule has 1 unspecified atom stereocenters. The molecule has 3 nitrogen and oxygen atoms in total. The molecule has 2 rings (SSSR count). The van der Waals surface area contributed by atoms with Gasteiger partial charge in [0.15, 0.2) is 0 Å². The molecule has 0 saturated carbocycles. The minimum Gasteiger partial charge on any atom is -0.496 e. The molecule has 0 spiro atoms. The Hall–Kier alpha value is -2.47. The number of hydrogen-bond donors (Lipinski definition) is 1. The molecule has 0 aliphatic carbocycles. The van der Waals surface area contributed by atoms with E-state index in [1.165, 1.54) is 0 Å². The summed E-state index contributed by atoms with van der Waals surface area (Å²) < 4.78 is 5.27. The van der Waals surface area contributed by atoms with Gasteiger partial charge in [0.25, 0.3) is 0 Å². The van der Waals surface area contributed by atoms with Gasteiger partial charge in [-0.1, -0.05) is 36.4 Å². The third-order valence-corrected chi connectivity index (χ3v) is 2.66. The summed E-state index contributed by atoms with van der Waals surface area (Å²) >= 11 is 0. The maximum absolute atomic E-state index is 9.29. The molecule has 0 amide bonds. The van der Waals surface area contributed by atoms with Crippen LogP contribution in [0, 0.1) is 11.3 Å². The Morgan fingerprint density at radius 1 is 1.06 bits per heavy atom. The van der Waals surface area contributed by atoms with E-state index in [1.54, 1.807) is 7.11 Å². The van der Waals surface area contributed by atoms with Crippen molar-refractivity contribution in [2.24, 2.45) is 0 Å². The Morgan fingerprint density at radius 3 is 2.39 bits per heavy atom. The fourth-order valence-corrected chi connectivity index (χ4v) is 1.79. The molecule has 0 aliphatic heterocycles. The van der Waals surface area contributed by atoms with E-state index in [1.807, 2.05) is 54.6 Å². The van der Waals surface area contributed by atoms with Crippen LogP contribution in [0.1, 0.15) is 11.6 Å². The third kappa shape index (κ3) is 2.61. The van der Waals surface area contributed by atoms with Crippen LogP contribution in [-0.4, -0.2) is 7.11 Å². The number of rotatable bonds is 4. The molecule has 0 bridgehead atoms. The monoisotopic (exact) mass is 238 g/mol. The Kier molecular flexibility index (Phi) is 3.83. The van der Waals surface area contributed by atoms with Gasteiger partial charge in [-0.2, -0.15) is 5.26 Å². The Balaban J connectivity index is 2.27. The topological polar surface area (TPSA) is 45.0 Å². The van der Waals surface area contributed by atoms with E-state index in [2.05, 4.69) is 11.4 Å². The fraction of sp³-hybridized carbons (Fsp3) is 0.133. The second-order valence-electron chi connectivity index (χ2n) is 3.81. The minimum atomic E-state index is -0.427. The highest BCUT2D eigenvalue weighted by Crippen LogP contribution is 2.27. The summed E-state index contributed by atoms with van der Waals surface area (Å²) in [5.74, 6) is 0.715. The summed E-state index contributed by atoms with van der Waals surface area (Å²) in [6.45, 7) is 0. The van der Waals surface area contributed by atoms with E-state index < -0.39 is 6.04 Å². The lowest BCUT2D eigenvalue weighted by Gasteiger charge is -2.16. The molecule has 2 aromatic rings. The van der Waals surface area contributed by atoms with Crippen molar-refractivity contribution >= 4 is 5.69 Å². The van der Waals surface area contributed by atoms with E-state index in [9.17, 15) is 5.26 Å². The Morgan fingerprint density at radius 2 is 1.72 bits per heavy atom. The minimum absolute atomic E-state index is 0.427. The zero-order chi connectivity index (χ0) is 12.8. The van der Waals surface area contributed by atoms with Gasteiger partial charge in [0, 0.05) is 11.3 Å². The number of nitriles is 1. The number of para-hydroxylation sites is 2. The van der Waals surface area contributed by atoms with Gasteiger partial charge in [-0.25, -0.2) is 0 Å². The maximum atomic E-state index is 9.29. The van der Waals surface area contributed by atoms with E-state index in [0.29, 0.717) is 5.75 Å². The lowest BCUT2D eigenvalue weighted by atomic mass is 10.1. The van der Waals surface area contributed by atoms with Crippen LogP contribution in [0.5, 0.6) is 5.75 Å². The molecule has 1 N–H and O–H groups in total. The van der Waals surface area contributed by atoms with Crippen LogP contribution in [0.15, 0.2) is 54.6 Å². The van der Waals surface area contributed by atoms with Crippen molar-refractivity contribution in [2.75, 3.05) is 12.4 Å². The molecule has 0 radical (unpaired) electrons. The number of anilines is 1. The van der Waals surface area contributed by atoms with E-state index in [-0.39, 0.29) is 0 Å². The molecule has 0 saturated heterocycles. The van der Waals surface area contributed by atoms with Crippen molar-refractivity contribution in [1.82, 2.24) is 0 Å². The first-order chi connectivity index (χ1) is 8.85. The second-order valence-corrected chi connectivity index (χ2v) is 3.81. The number of methoxy groups -OCH3 is 1. The average Bonchev–Trinajstić information content (AvgIpc) is 2.46.